The molecule has 4 rings (SSSR count). The summed E-state index contributed by atoms with van der Waals surface area (Å²) >= 11 is 0. The second kappa shape index (κ2) is 8.83. The highest BCUT2D eigenvalue weighted by atomic mass is 19.1. The van der Waals surface area contributed by atoms with E-state index in [1.165, 1.54) is 18.2 Å². The molecular formula is C26H24FNO4. The minimum Gasteiger partial charge on any atom is -0.478 e. The summed E-state index contributed by atoms with van der Waals surface area (Å²) < 4.78 is 26.0. The van der Waals surface area contributed by atoms with Crippen LogP contribution in [0.25, 0.3) is 32.9 Å². The molecule has 0 saturated carbocycles. The van der Waals surface area contributed by atoms with Gasteiger partial charge in [-0.05, 0) is 43.2 Å². The molecule has 0 saturated heterocycles. The van der Waals surface area contributed by atoms with E-state index in [1.54, 1.807) is 11.8 Å². The molecule has 1 heterocycles. The summed E-state index contributed by atoms with van der Waals surface area (Å²) in [5.74, 6) is -1.00. The summed E-state index contributed by atoms with van der Waals surface area (Å²) in [5.41, 5.74) is 1.02. The molecule has 32 heavy (non-hydrogen) atoms. The molecule has 0 aliphatic rings. The molecule has 3 aromatic carbocycles. The van der Waals surface area contributed by atoms with Crippen LogP contribution in [-0.2, 0) is 4.79 Å². The molecule has 0 fully saturated rings. The van der Waals surface area contributed by atoms with Crippen LogP contribution in [0.4, 0.5) is 4.39 Å². The maximum atomic E-state index is 15.0. The molecule has 0 radical (unpaired) electrons. The van der Waals surface area contributed by atoms with E-state index in [2.05, 4.69) is 0 Å². The predicted octanol–water partition coefficient (Wildman–Crippen LogP) is 5.39. The Morgan fingerprint density at radius 1 is 1.00 bits per heavy atom. The molecule has 0 aliphatic heterocycles. The summed E-state index contributed by atoms with van der Waals surface area (Å²) in [4.78, 5) is 26.5. The van der Waals surface area contributed by atoms with Crippen LogP contribution >= 0.6 is 0 Å². The zero-order valence-electron chi connectivity index (χ0n) is 18.2. The Balaban J connectivity index is 1.81. The molecular weight excluding hydrogens is 409 g/mol. The number of carbonyl (C=O) groups is 1. The van der Waals surface area contributed by atoms with Crippen LogP contribution in [0.5, 0.6) is 5.75 Å². The Morgan fingerprint density at radius 2 is 1.72 bits per heavy atom. The van der Waals surface area contributed by atoms with Crippen LogP contribution in [0.2, 0.25) is 0 Å². The first kappa shape index (κ1) is 21.6. The Hall–Kier alpha value is -3.67. The Morgan fingerprint density at radius 3 is 2.47 bits per heavy atom. The van der Waals surface area contributed by atoms with Crippen molar-refractivity contribution in [2.75, 3.05) is 13.1 Å². The third kappa shape index (κ3) is 3.96. The maximum Gasteiger partial charge on any atom is 0.336 e. The van der Waals surface area contributed by atoms with Crippen molar-refractivity contribution in [3.8, 4) is 16.9 Å². The lowest BCUT2D eigenvalue weighted by molar-refractivity contribution is -0.137. The lowest BCUT2D eigenvalue weighted by atomic mass is 9.96. The number of benzene rings is 3. The van der Waals surface area contributed by atoms with E-state index < -0.39 is 17.5 Å². The minimum absolute atomic E-state index is 0.135. The van der Waals surface area contributed by atoms with Gasteiger partial charge in [0.25, 0.3) is 5.91 Å². The Labute approximate surface area is 185 Å². The highest BCUT2D eigenvalue weighted by Gasteiger charge is 2.22. The molecule has 0 N–H and O–H groups in total. The third-order valence-corrected chi connectivity index (χ3v) is 5.60. The zero-order chi connectivity index (χ0) is 22.8. The summed E-state index contributed by atoms with van der Waals surface area (Å²) in [6.45, 7) is 6.38. The number of halogens is 1. The first-order valence-corrected chi connectivity index (χ1v) is 10.6. The number of carbonyl (C=O) groups excluding carboxylic acids is 1. The SMILES string of the molecule is CCN(CC)C(=O)[C@@H](C)Oc1cc2oc(=O)cc(-c3cccc4ccccc34)c2cc1F. The lowest BCUT2D eigenvalue weighted by Crippen LogP contribution is -2.40. The fourth-order valence-corrected chi connectivity index (χ4v) is 3.97. The number of fused-ring (bicyclic) bond motifs is 2. The van der Waals surface area contributed by atoms with Crippen molar-refractivity contribution in [1.29, 1.82) is 0 Å². The summed E-state index contributed by atoms with van der Waals surface area (Å²) in [6, 6.07) is 17.6. The minimum atomic E-state index is -0.880. The van der Waals surface area contributed by atoms with Crippen molar-refractivity contribution >= 4 is 27.6 Å². The number of hydrogen-bond acceptors (Lipinski definition) is 4. The van der Waals surface area contributed by atoms with Crippen molar-refractivity contribution in [1.82, 2.24) is 4.90 Å². The molecule has 4 aromatic rings. The van der Waals surface area contributed by atoms with Gasteiger partial charge in [0.05, 0.1) is 0 Å². The van der Waals surface area contributed by atoms with Crippen LogP contribution in [0.3, 0.4) is 0 Å². The van der Waals surface area contributed by atoms with E-state index in [4.69, 9.17) is 9.15 Å². The van der Waals surface area contributed by atoms with Gasteiger partial charge in [0.1, 0.15) is 5.58 Å². The van der Waals surface area contributed by atoms with E-state index in [9.17, 15) is 9.59 Å². The Kier molecular flexibility index (Phi) is 5.95. The van der Waals surface area contributed by atoms with E-state index in [-0.39, 0.29) is 17.2 Å². The van der Waals surface area contributed by atoms with Gasteiger partial charge in [-0.15, -0.1) is 0 Å². The van der Waals surface area contributed by atoms with Gasteiger partial charge in [0, 0.05) is 36.2 Å². The van der Waals surface area contributed by atoms with E-state index in [1.807, 2.05) is 56.3 Å². The number of likely N-dealkylation sites (N-methyl/N-ethyl adjacent to an activating group) is 1. The predicted molar refractivity (Wildman–Crippen MR) is 123 cm³/mol. The highest BCUT2D eigenvalue weighted by molar-refractivity contribution is 6.04. The number of rotatable bonds is 6. The average molecular weight is 433 g/mol. The van der Waals surface area contributed by atoms with E-state index >= 15 is 4.39 Å². The van der Waals surface area contributed by atoms with E-state index in [0.717, 1.165) is 16.3 Å². The standard InChI is InChI=1S/C26H24FNO4/c1-4-28(5-2)26(30)16(3)31-24-15-23-21(13-22(24)27)20(14-25(29)32-23)19-12-8-10-17-9-6-7-11-18(17)19/h6-16H,4-5H2,1-3H3/t16-/m1/s1. The summed E-state index contributed by atoms with van der Waals surface area (Å²) in [6.07, 6.45) is -0.880. The molecule has 5 nitrogen and oxygen atoms in total. The topological polar surface area (TPSA) is 59.8 Å². The fourth-order valence-electron chi connectivity index (χ4n) is 3.97. The second-order valence-corrected chi connectivity index (χ2v) is 7.56. The molecule has 1 amide bonds. The van der Waals surface area contributed by atoms with Gasteiger partial charge in [0.15, 0.2) is 17.7 Å². The Bertz CT molecular complexity index is 1350. The quantitative estimate of drug-likeness (QED) is 0.383. The van der Waals surface area contributed by atoms with Crippen molar-refractivity contribution in [2.24, 2.45) is 0 Å². The third-order valence-electron chi connectivity index (χ3n) is 5.60. The molecule has 0 aliphatic carbocycles. The molecule has 0 bridgehead atoms. The van der Waals surface area contributed by atoms with Crippen LogP contribution in [0, 0.1) is 5.82 Å². The molecule has 1 aromatic heterocycles. The zero-order valence-corrected chi connectivity index (χ0v) is 18.2. The lowest BCUT2D eigenvalue weighted by Gasteiger charge is -2.23. The highest BCUT2D eigenvalue weighted by Crippen LogP contribution is 2.35. The van der Waals surface area contributed by atoms with Gasteiger partial charge >= 0.3 is 5.63 Å². The van der Waals surface area contributed by atoms with Gasteiger partial charge in [-0.25, -0.2) is 9.18 Å². The number of nitrogens with zero attached hydrogens (tertiary/aromatic N) is 1. The van der Waals surface area contributed by atoms with Gasteiger partial charge in [-0.2, -0.15) is 0 Å². The second-order valence-electron chi connectivity index (χ2n) is 7.56. The van der Waals surface area contributed by atoms with Crippen molar-refractivity contribution in [3.63, 3.8) is 0 Å². The smallest absolute Gasteiger partial charge is 0.336 e. The van der Waals surface area contributed by atoms with Crippen LogP contribution in [0.1, 0.15) is 20.8 Å². The fraction of sp³-hybridized carbons (Fsp3) is 0.231. The monoisotopic (exact) mass is 433 g/mol. The molecule has 1 atom stereocenters. The van der Waals surface area contributed by atoms with Crippen LogP contribution in [0.15, 0.2) is 69.9 Å². The van der Waals surface area contributed by atoms with Gasteiger partial charge in [0.2, 0.25) is 0 Å². The van der Waals surface area contributed by atoms with Gasteiger partial charge < -0.3 is 14.1 Å². The first-order chi connectivity index (χ1) is 15.4. The summed E-state index contributed by atoms with van der Waals surface area (Å²) in [7, 11) is 0. The number of ether oxygens (including phenoxy) is 1. The van der Waals surface area contributed by atoms with Crippen molar-refractivity contribution in [2.45, 2.75) is 26.9 Å². The van der Waals surface area contributed by atoms with Gasteiger partial charge in [-0.3, -0.25) is 4.79 Å². The molecule has 164 valence electrons. The van der Waals surface area contributed by atoms with Crippen LogP contribution < -0.4 is 10.4 Å². The molecule has 0 unspecified atom stereocenters. The largest absolute Gasteiger partial charge is 0.478 e. The first-order valence-electron chi connectivity index (χ1n) is 10.6. The molecule has 0 spiro atoms. The van der Waals surface area contributed by atoms with Crippen molar-refractivity contribution < 1.29 is 18.3 Å². The van der Waals surface area contributed by atoms with Crippen LogP contribution in [-0.4, -0.2) is 30.0 Å². The van der Waals surface area contributed by atoms with Gasteiger partial charge in [-0.1, -0.05) is 42.5 Å². The number of hydrogen-bond donors (Lipinski definition) is 0. The maximum absolute atomic E-state index is 15.0. The molecule has 6 heteroatoms. The summed E-state index contributed by atoms with van der Waals surface area (Å²) in [5, 5.41) is 2.41. The van der Waals surface area contributed by atoms with E-state index in [0.29, 0.717) is 24.0 Å². The number of amides is 1. The van der Waals surface area contributed by atoms with Crippen molar-refractivity contribution in [3.05, 3.63) is 76.9 Å². The normalized spacial score (nSPS) is 12.1. The average Bonchev–Trinajstić information content (AvgIpc) is 2.79.